The van der Waals surface area contributed by atoms with E-state index in [1.54, 1.807) is 12.3 Å². The van der Waals surface area contributed by atoms with E-state index in [1.165, 1.54) is 6.33 Å². The molecule has 1 aromatic carbocycles. The van der Waals surface area contributed by atoms with Gasteiger partial charge in [0, 0.05) is 23.7 Å². The van der Waals surface area contributed by atoms with Crippen molar-refractivity contribution in [3.63, 3.8) is 0 Å². The number of ether oxygens (including phenoxy) is 1. The maximum atomic E-state index is 5.75. The molecule has 0 amide bonds. The van der Waals surface area contributed by atoms with Crippen LogP contribution < -0.4 is 4.74 Å². The van der Waals surface area contributed by atoms with Gasteiger partial charge >= 0.3 is 0 Å². The number of benzene rings is 1. The Bertz CT molecular complexity index is 702. The molecule has 4 nitrogen and oxygen atoms in total. The molecule has 0 radical (unpaired) electrons. The highest BCUT2D eigenvalue weighted by Crippen LogP contribution is 2.22. The van der Waals surface area contributed by atoms with Crippen molar-refractivity contribution in [3.8, 4) is 11.8 Å². The molecule has 0 unspecified atom stereocenters. The standard InChI is InChI=1S/C13H8ClN3O/c14-11-6-13(17-8-16-11)18-12-5-9-3-1-2-4-10(9)7-15-12/h1-8H. The summed E-state index contributed by atoms with van der Waals surface area (Å²) in [5, 5.41) is 2.45. The predicted molar refractivity (Wildman–Crippen MR) is 68.9 cm³/mol. The van der Waals surface area contributed by atoms with Gasteiger partial charge in [-0.3, -0.25) is 0 Å². The topological polar surface area (TPSA) is 47.9 Å². The normalized spacial score (nSPS) is 10.5. The number of hydrogen-bond donors (Lipinski definition) is 0. The van der Waals surface area contributed by atoms with Crippen LogP contribution in [0.1, 0.15) is 0 Å². The third-order valence-electron chi connectivity index (χ3n) is 2.42. The maximum absolute atomic E-state index is 5.75. The summed E-state index contributed by atoms with van der Waals surface area (Å²) in [5.41, 5.74) is 0. The zero-order valence-corrected chi connectivity index (χ0v) is 10.0. The molecule has 2 heterocycles. The molecule has 0 aliphatic rings. The number of halogens is 1. The average Bonchev–Trinajstić information content (AvgIpc) is 2.39. The van der Waals surface area contributed by atoms with Crippen LogP contribution in [-0.2, 0) is 0 Å². The largest absolute Gasteiger partial charge is 0.421 e. The minimum atomic E-state index is 0.334. The van der Waals surface area contributed by atoms with Gasteiger partial charge in [0.2, 0.25) is 11.8 Å². The van der Waals surface area contributed by atoms with Crippen LogP contribution in [0.2, 0.25) is 5.15 Å². The highest BCUT2D eigenvalue weighted by Gasteiger charge is 2.02. The molecule has 5 heteroatoms. The summed E-state index contributed by atoms with van der Waals surface area (Å²) < 4.78 is 5.52. The van der Waals surface area contributed by atoms with Gasteiger partial charge in [0.15, 0.2) is 0 Å². The Morgan fingerprint density at radius 2 is 1.67 bits per heavy atom. The molecule has 0 bridgehead atoms. The lowest BCUT2D eigenvalue weighted by Gasteiger charge is -2.04. The van der Waals surface area contributed by atoms with Crippen molar-refractivity contribution in [2.45, 2.75) is 0 Å². The fourth-order valence-electron chi connectivity index (χ4n) is 1.60. The van der Waals surface area contributed by atoms with Crippen molar-refractivity contribution in [2.24, 2.45) is 0 Å². The number of fused-ring (bicyclic) bond motifs is 1. The number of pyridine rings is 1. The van der Waals surface area contributed by atoms with Crippen molar-refractivity contribution in [1.29, 1.82) is 0 Å². The van der Waals surface area contributed by atoms with Crippen LogP contribution in [0, 0.1) is 0 Å². The van der Waals surface area contributed by atoms with Crippen molar-refractivity contribution in [3.05, 3.63) is 54.1 Å². The molecule has 2 aromatic heterocycles. The Labute approximate surface area is 108 Å². The van der Waals surface area contributed by atoms with Crippen molar-refractivity contribution >= 4 is 22.4 Å². The molecular weight excluding hydrogens is 250 g/mol. The molecule has 0 aliphatic carbocycles. The molecule has 3 rings (SSSR count). The van der Waals surface area contributed by atoms with Crippen LogP contribution >= 0.6 is 11.6 Å². The second-order valence-corrected chi connectivity index (χ2v) is 4.04. The first-order valence-electron chi connectivity index (χ1n) is 5.31. The van der Waals surface area contributed by atoms with E-state index in [9.17, 15) is 0 Å². The molecule has 0 N–H and O–H groups in total. The summed E-state index contributed by atoms with van der Waals surface area (Å²) >= 11 is 5.75. The molecule has 18 heavy (non-hydrogen) atoms. The Morgan fingerprint density at radius 3 is 2.50 bits per heavy atom. The van der Waals surface area contributed by atoms with Crippen LogP contribution in [0.15, 0.2) is 48.9 Å². The average molecular weight is 258 g/mol. The van der Waals surface area contributed by atoms with E-state index < -0.39 is 0 Å². The van der Waals surface area contributed by atoms with E-state index in [0.29, 0.717) is 16.9 Å². The first-order chi connectivity index (χ1) is 8.81. The summed E-state index contributed by atoms with van der Waals surface area (Å²) in [6.07, 6.45) is 3.10. The summed E-state index contributed by atoms with van der Waals surface area (Å²) in [4.78, 5) is 11.9. The molecule has 0 aliphatic heterocycles. The number of aromatic nitrogens is 3. The lowest BCUT2D eigenvalue weighted by atomic mass is 10.2. The molecule has 0 saturated heterocycles. The molecule has 0 fully saturated rings. The highest BCUT2D eigenvalue weighted by molar-refractivity contribution is 6.29. The Morgan fingerprint density at radius 1 is 0.889 bits per heavy atom. The Hall–Kier alpha value is -2.20. The van der Waals surface area contributed by atoms with E-state index in [-0.39, 0.29) is 0 Å². The van der Waals surface area contributed by atoms with E-state index in [2.05, 4.69) is 15.0 Å². The van der Waals surface area contributed by atoms with Gasteiger partial charge in [-0.2, -0.15) is 0 Å². The predicted octanol–water partition coefficient (Wildman–Crippen LogP) is 3.47. The number of nitrogens with zero attached hydrogens (tertiary/aromatic N) is 3. The lowest BCUT2D eigenvalue weighted by molar-refractivity contribution is 0.444. The van der Waals surface area contributed by atoms with Gasteiger partial charge in [-0.25, -0.2) is 15.0 Å². The summed E-state index contributed by atoms with van der Waals surface area (Å²) in [6, 6.07) is 11.3. The van der Waals surface area contributed by atoms with Gasteiger partial charge in [-0.1, -0.05) is 35.9 Å². The number of hydrogen-bond acceptors (Lipinski definition) is 4. The lowest BCUT2D eigenvalue weighted by Crippen LogP contribution is -1.91. The summed E-state index contributed by atoms with van der Waals surface area (Å²) in [7, 11) is 0. The van der Waals surface area contributed by atoms with E-state index in [1.807, 2.05) is 30.3 Å². The van der Waals surface area contributed by atoms with Gasteiger partial charge in [-0.15, -0.1) is 0 Å². The van der Waals surface area contributed by atoms with E-state index in [4.69, 9.17) is 16.3 Å². The maximum Gasteiger partial charge on any atom is 0.225 e. The number of rotatable bonds is 2. The molecule has 3 aromatic rings. The summed E-state index contributed by atoms with van der Waals surface area (Å²) in [5.74, 6) is 0.848. The molecule has 88 valence electrons. The van der Waals surface area contributed by atoms with Crippen LogP contribution in [0.25, 0.3) is 10.8 Å². The minimum absolute atomic E-state index is 0.334. The monoisotopic (exact) mass is 257 g/mol. The first kappa shape index (κ1) is 10.9. The third-order valence-corrected chi connectivity index (χ3v) is 2.63. The smallest absolute Gasteiger partial charge is 0.225 e. The van der Waals surface area contributed by atoms with E-state index in [0.717, 1.165) is 10.8 Å². The minimum Gasteiger partial charge on any atom is -0.421 e. The van der Waals surface area contributed by atoms with Crippen LogP contribution in [0.4, 0.5) is 0 Å². The zero-order chi connectivity index (χ0) is 12.4. The molecular formula is C13H8ClN3O. The summed E-state index contributed by atoms with van der Waals surface area (Å²) in [6.45, 7) is 0. The highest BCUT2D eigenvalue weighted by atomic mass is 35.5. The molecule has 0 spiro atoms. The molecule has 0 saturated carbocycles. The Balaban J connectivity index is 1.95. The molecule has 0 atom stereocenters. The van der Waals surface area contributed by atoms with Crippen molar-refractivity contribution in [2.75, 3.05) is 0 Å². The Kier molecular flexibility index (Phi) is 2.78. The second-order valence-electron chi connectivity index (χ2n) is 3.65. The van der Waals surface area contributed by atoms with Gasteiger partial charge in [0.1, 0.15) is 11.5 Å². The fourth-order valence-corrected chi connectivity index (χ4v) is 1.74. The van der Waals surface area contributed by atoms with Crippen LogP contribution in [0.5, 0.6) is 11.8 Å². The van der Waals surface area contributed by atoms with Crippen molar-refractivity contribution in [1.82, 2.24) is 15.0 Å². The first-order valence-corrected chi connectivity index (χ1v) is 5.69. The zero-order valence-electron chi connectivity index (χ0n) is 9.25. The van der Waals surface area contributed by atoms with Gasteiger partial charge in [-0.05, 0) is 5.39 Å². The SMILES string of the molecule is Clc1cc(Oc2cc3ccccc3cn2)ncn1. The second kappa shape index (κ2) is 4.58. The van der Waals surface area contributed by atoms with Gasteiger partial charge in [0.05, 0.1) is 0 Å². The van der Waals surface area contributed by atoms with E-state index >= 15 is 0 Å². The quantitative estimate of drug-likeness (QED) is 0.660. The third kappa shape index (κ3) is 2.24. The van der Waals surface area contributed by atoms with Crippen molar-refractivity contribution < 1.29 is 4.74 Å². The van der Waals surface area contributed by atoms with Crippen LogP contribution in [-0.4, -0.2) is 15.0 Å². The fraction of sp³-hybridized carbons (Fsp3) is 0. The van der Waals surface area contributed by atoms with Gasteiger partial charge in [0.25, 0.3) is 0 Å². The van der Waals surface area contributed by atoms with Gasteiger partial charge < -0.3 is 4.74 Å². The van der Waals surface area contributed by atoms with Crippen LogP contribution in [0.3, 0.4) is 0 Å².